The van der Waals surface area contributed by atoms with Gasteiger partial charge in [0.15, 0.2) is 0 Å². The zero-order valence-electron chi connectivity index (χ0n) is 16.1. The number of carbonyl (C=O) groups is 2. The monoisotopic (exact) mass is 344 g/mol. The largest absolute Gasteiger partial charge is 0.347 e. The molecule has 2 amide bonds. The number of carbonyl (C=O) groups excluding carboxylic acids is 2. The van der Waals surface area contributed by atoms with Crippen molar-refractivity contribution < 1.29 is 9.59 Å². The van der Waals surface area contributed by atoms with Crippen LogP contribution in [0, 0.1) is 18.3 Å². The number of hydrogen-bond donors (Lipinski definition) is 1. The average molecular weight is 344 g/mol. The first kappa shape index (κ1) is 19.5. The molecule has 0 aliphatic carbocycles. The first-order chi connectivity index (χ1) is 11.8. The SMILES string of the molecule is Cc1ccc(CCC2CCN(C(=O)CNC(=O)C(C)(C)C)CC2)cc1. The first-order valence-corrected chi connectivity index (χ1v) is 9.37. The third-order valence-electron chi connectivity index (χ3n) is 5.01. The predicted octanol–water partition coefficient (Wildman–Crippen LogP) is 3.33. The molecular formula is C21H32N2O2. The molecule has 1 N–H and O–H groups in total. The van der Waals surface area contributed by atoms with Crippen molar-refractivity contribution in [1.82, 2.24) is 10.2 Å². The van der Waals surface area contributed by atoms with Crippen LogP contribution in [0.4, 0.5) is 0 Å². The zero-order valence-corrected chi connectivity index (χ0v) is 16.1. The number of nitrogens with zero attached hydrogens (tertiary/aromatic N) is 1. The summed E-state index contributed by atoms with van der Waals surface area (Å²) in [5.74, 6) is 0.651. The fraction of sp³-hybridized carbons (Fsp3) is 0.619. The lowest BCUT2D eigenvalue weighted by atomic mass is 9.90. The highest BCUT2D eigenvalue weighted by Gasteiger charge is 2.25. The summed E-state index contributed by atoms with van der Waals surface area (Å²) in [6, 6.07) is 8.77. The minimum absolute atomic E-state index is 0.0367. The fourth-order valence-electron chi connectivity index (χ4n) is 3.13. The molecule has 138 valence electrons. The Labute approximate surface area is 152 Å². The van der Waals surface area contributed by atoms with Gasteiger partial charge >= 0.3 is 0 Å². The second-order valence-corrected chi connectivity index (χ2v) is 8.28. The van der Waals surface area contributed by atoms with E-state index >= 15 is 0 Å². The van der Waals surface area contributed by atoms with E-state index < -0.39 is 5.41 Å². The van der Waals surface area contributed by atoms with Crippen molar-refractivity contribution in [2.24, 2.45) is 11.3 Å². The molecule has 0 unspecified atom stereocenters. The second-order valence-electron chi connectivity index (χ2n) is 8.28. The number of nitrogens with one attached hydrogen (secondary N) is 1. The number of likely N-dealkylation sites (tertiary alicyclic amines) is 1. The molecule has 0 spiro atoms. The van der Waals surface area contributed by atoms with E-state index in [2.05, 4.69) is 36.5 Å². The molecule has 0 radical (unpaired) electrons. The van der Waals surface area contributed by atoms with Crippen LogP contribution in [0.15, 0.2) is 24.3 Å². The second kappa shape index (κ2) is 8.50. The smallest absolute Gasteiger partial charge is 0.241 e. The Bertz CT molecular complexity index is 579. The summed E-state index contributed by atoms with van der Waals surface area (Å²) in [5, 5.41) is 2.75. The van der Waals surface area contributed by atoms with Gasteiger partial charge in [-0.25, -0.2) is 0 Å². The maximum Gasteiger partial charge on any atom is 0.241 e. The molecule has 4 nitrogen and oxygen atoms in total. The summed E-state index contributed by atoms with van der Waals surface area (Å²) < 4.78 is 0. The molecule has 1 aromatic carbocycles. The molecule has 25 heavy (non-hydrogen) atoms. The van der Waals surface area contributed by atoms with E-state index in [4.69, 9.17) is 0 Å². The Kier molecular flexibility index (Phi) is 6.63. The van der Waals surface area contributed by atoms with Gasteiger partial charge in [0.05, 0.1) is 6.54 Å². The van der Waals surface area contributed by atoms with Crippen molar-refractivity contribution >= 4 is 11.8 Å². The van der Waals surface area contributed by atoms with Gasteiger partial charge in [-0.15, -0.1) is 0 Å². The Balaban J connectivity index is 1.69. The van der Waals surface area contributed by atoms with Crippen LogP contribution in [-0.2, 0) is 16.0 Å². The van der Waals surface area contributed by atoms with Crippen molar-refractivity contribution in [2.45, 2.75) is 53.4 Å². The van der Waals surface area contributed by atoms with Crippen LogP contribution >= 0.6 is 0 Å². The van der Waals surface area contributed by atoms with E-state index in [0.717, 1.165) is 32.4 Å². The van der Waals surface area contributed by atoms with Crippen LogP contribution in [0.5, 0.6) is 0 Å². The number of piperidine rings is 1. The third kappa shape index (κ3) is 6.18. The lowest BCUT2D eigenvalue weighted by Gasteiger charge is -2.32. The van der Waals surface area contributed by atoms with Crippen molar-refractivity contribution in [2.75, 3.05) is 19.6 Å². The van der Waals surface area contributed by atoms with Crippen LogP contribution in [0.25, 0.3) is 0 Å². The van der Waals surface area contributed by atoms with Crippen molar-refractivity contribution in [1.29, 1.82) is 0 Å². The number of rotatable bonds is 5. The standard InChI is InChI=1S/C21H32N2O2/c1-16-5-7-17(8-6-16)9-10-18-11-13-23(14-12-18)19(24)15-22-20(25)21(2,3)4/h5-8,18H,9-15H2,1-4H3,(H,22,25). The van der Waals surface area contributed by atoms with Gasteiger partial charge in [0.25, 0.3) is 0 Å². The van der Waals surface area contributed by atoms with Crippen LogP contribution < -0.4 is 5.32 Å². The highest BCUT2D eigenvalue weighted by Crippen LogP contribution is 2.22. The maximum atomic E-state index is 12.3. The van der Waals surface area contributed by atoms with Gasteiger partial charge in [0, 0.05) is 18.5 Å². The lowest BCUT2D eigenvalue weighted by molar-refractivity contribution is -0.136. The van der Waals surface area contributed by atoms with Gasteiger partial charge in [0.2, 0.25) is 11.8 Å². The van der Waals surface area contributed by atoms with Gasteiger partial charge in [-0.1, -0.05) is 50.6 Å². The lowest BCUT2D eigenvalue weighted by Crippen LogP contribution is -2.46. The van der Waals surface area contributed by atoms with Crippen molar-refractivity contribution in [3.8, 4) is 0 Å². The van der Waals surface area contributed by atoms with Crippen LogP contribution in [0.3, 0.4) is 0 Å². The third-order valence-corrected chi connectivity index (χ3v) is 5.01. The van der Waals surface area contributed by atoms with E-state index in [0.29, 0.717) is 5.92 Å². The van der Waals surface area contributed by atoms with Crippen LogP contribution in [0.2, 0.25) is 0 Å². The Morgan fingerprint density at radius 2 is 1.72 bits per heavy atom. The Morgan fingerprint density at radius 1 is 1.12 bits per heavy atom. The Hall–Kier alpha value is -1.84. The molecular weight excluding hydrogens is 312 g/mol. The summed E-state index contributed by atoms with van der Waals surface area (Å²) >= 11 is 0. The quantitative estimate of drug-likeness (QED) is 0.891. The van der Waals surface area contributed by atoms with Gasteiger partial charge in [-0.05, 0) is 44.1 Å². The molecule has 1 saturated heterocycles. The van der Waals surface area contributed by atoms with E-state index in [9.17, 15) is 9.59 Å². The molecule has 2 rings (SSSR count). The fourth-order valence-corrected chi connectivity index (χ4v) is 3.13. The van der Waals surface area contributed by atoms with E-state index in [1.165, 1.54) is 17.5 Å². The molecule has 4 heteroatoms. The molecule has 1 aliphatic heterocycles. The van der Waals surface area contributed by atoms with E-state index in [1.54, 1.807) is 0 Å². The summed E-state index contributed by atoms with van der Waals surface area (Å²) in [4.78, 5) is 26.0. The number of amides is 2. The molecule has 1 aromatic rings. The van der Waals surface area contributed by atoms with Crippen molar-refractivity contribution in [3.05, 3.63) is 35.4 Å². The Morgan fingerprint density at radius 3 is 2.28 bits per heavy atom. The van der Waals surface area contributed by atoms with Crippen LogP contribution in [0.1, 0.15) is 51.2 Å². The molecule has 1 fully saturated rings. The summed E-state index contributed by atoms with van der Waals surface area (Å²) in [6.45, 7) is 9.40. The number of aryl methyl sites for hydroxylation is 2. The molecule has 1 heterocycles. The van der Waals surface area contributed by atoms with Gasteiger partial charge < -0.3 is 10.2 Å². The van der Waals surface area contributed by atoms with Crippen LogP contribution in [-0.4, -0.2) is 36.3 Å². The summed E-state index contributed by atoms with van der Waals surface area (Å²) in [5.41, 5.74) is 2.24. The molecule has 0 saturated carbocycles. The molecule has 0 atom stereocenters. The number of hydrogen-bond acceptors (Lipinski definition) is 2. The van der Waals surface area contributed by atoms with Gasteiger partial charge in [0.1, 0.15) is 0 Å². The average Bonchev–Trinajstić information content (AvgIpc) is 2.58. The number of benzene rings is 1. The topological polar surface area (TPSA) is 49.4 Å². The van der Waals surface area contributed by atoms with Gasteiger partial charge in [-0.2, -0.15) is 0 Å². The molecule has 1 aliphatic rings. The molecule has 0 aromatic heterocycles. The molecule has 0 bridgehead atoms. The van der Waals surface area contributed by atoms with Crippen molar-refractivity contribution in [3.63, 3.8) is 0 Å². The van der Waals surface area contributed by atoms with E-state index in [1.807, 2.05) is 25.7 Å². The summed E-state index contributed by atoms with van der Waals surface area (Å²) in [6.07, 6.45) is 4.42. The van der Waals surface area contributed by atoms with Gasteiger partial charge in [-0.3, -0.25) is 9.59 Å². The highest BCUT2D eigenvalue weighted by molar-refractivity contribution is 5.87. The summed E-state index contributed by atoms with van der Waals surface area (Å²) in [7, 11) is 0. The minimum atomic E-state index is -0.455. The zero-order chi connectivity index (χ0) is 18.4. The first-order valence-electron chi connectivity index (χ1n) is 9.37. The predicted molar refractivity (Wildman–Crippen MR) is 101 cm³/mol. The highest BCUT2D eigenvalue weighted by atomic mass is 16.2. The minimum Gasteiger partial charge on any atom is -0.347 e. The normalized spacial score (nSPS) is 15.9. The maximum absolute atomic E-state index is 12.3. The van der Waals surface area contributed by atoms with E-state index in [-0.39, 0.29) is 18.4 Å².